The molecule has 2 aliphatic heterocycles. The molecule has 14 heavy (non-hydrogen) atoms. The molecule has 1 N–H and O–H groups in total. The Morgan fingerprint density at radius 2 is 2.50 bits per heavy atom. The number of β-lactam (4-membered cyclic amide) rings is 1. The van der Waals surface area contributed by atoms with Gasteiger partial charge >= 0.3 is 5.97 Å². The normalized spacial score (nSPS) is 35.1. The van der Waals surface area contributed by atoms with Crippen molar-refractivity contribution in [3.05, 3.63) is 0 Å². The van der Waals surface area contributed by atoms with Crippen LogP contribution in [0.5, 0.6) is 0 Å². The summed E-state index contributed by atoms with van der Waals surface area (Å²) in [5.74, 6) is -0.471. The molecule has 0 aromatic carbocycles. The highest BCUT2D eigenvalue weighted by Gasteiger charge is 2.54. The summed E-state index contributed by atoms with van der Waals surface area (Å²) < 4.78 is 4.61. The largest absolute Gasteiger partial charge is 0.467 e. The minimum atomic E-state index is -0.596. The number of aliphatic hydroxyl groups is 1. The summed E-state index contributed by atoms with van der Waals surface area (Å²) in [7, 11) is 1.29. The molecule has 1 amide bonds. The number of esters is 1. The summed E-state index contributed by atoms with van der Waals surface area (Å²) in [5, 5.41) is 8.89. The molecule has 0 spiro atoms. The lowest BCUT2D eigenvalue weighted by atomic mass is 10.1. The van der Waals surface area contributed by atoms with Gasteiger partial charge in [-0.3, -0.25) is 4.79 Å². The van der Waals surface area contributed by atoms with E-state index in [1.807, 2.05) is 0 Å². The van der Waals surface area contributed by atoms with Gasteiger partial charge in [-0.1, -0.05) is 0 Å². The van der Waals surface area contributed by atoms with Gasteiger partial charge in [0.05, 0.1) is 30.8 Å². The number of ether oxygens (including phenoxy) is 1. The average Bonchev–Trinajstić information content (AvgIpc) is 2.49. The lowest BCUT2D eigenvalue weighted by molar-refractivity contribution is -0.158. The van der Waals surface area contributed by atoms with Crippen molar-refractivity contribution in [3.8, 4) is 0 Å². The van der Waals surface area contributed by atoms with Crippen molar-refractivity contribution in [1.82, 2.24) is 4.90 Å². The monoisotopic (exact) mass is 217 g/mol. The molecule has 2 saturated heterocycles. The first-order valence-corrected chi connectivity index (χ1v) is 5.28. The third-order valence-corrected chi connectivity index (χ3v) is 4.02. The number of fused-ring (bicyclic) bond motifs is 1. The van der Waals surface area contributed by atoms with Crippen LogP contribution in [-0.2, 0) is 14.3 Å². The zero-order valence-corrected chi connectivity index (χ0v) is 8.49. The van der Waals surface area contributed by atoms with E-state index >= 15 is 0 Å². The van der Waals surface area contributed by atoms with Crippen molar-refractivity contribution < 1.29 is 19.4 Å². The van der Waals surface area contributed by atoms with Gasteiger partial charge in [-0.25, -0.2) is 4.79 Å². The zero-order chi connectivity index (χ0) is 10.3. The quantitative estimate of drug-likeness (QED) is 0.484. The molecule has 2 heterocycles. The van der Waals surface area contributed by atoms with E-state index < -0.39 is 12.0 Å². The molecule has 2 aliphatic rings. The average molecular weight is 217 g/mol. The molecule has 2 fully saturated rings. The molecule has 78 valence electrons. The van der Waals surface area contributed by atoms with E-state index in [-0.39, 0.29) is 23.1 Å². The molecule has 0 radical (unpaired) electrons. The number of nitrogens with zero attached hydrogens (tertiary/aromatic N) is 1. The van der Waals surface area contributed by atoms with E-state index in [4.69, 9.17) is 5.11 Å². The van der Waals surface area contributed by atoms with Crippen molar-refractivity contribution >= 4 is 23.6 Å². The van der Waals surface area contributed by atoms with Crippen molar-refractivity contribution in [2.24, 2.45) is 0 Å². The van der Waals surface area contributed by atoms with Crippen LogP contribution in [0.15, 0.2) is 0 Å². The second-order valence-electron chi connectivity index (χ2n) is 3.28. The van der Waals surface area contributed by atoms with Crippen LogP contribution in [0, 0.1) is 0 Å². The number of carbonyl (C=O) groups is 2. The Bertz CT molecular complexity index is 283. The van der Waals surface area contributed by atoms with Crippen LogP contribution in [0.3, 0.4) is 0 Å². The minimum Gasteiger partial charge on any atom is -0.467 e. The van der Waals surface area contributed by atoms with E-state index in [2.05, 4.69) is 4.74 Å². The predicted molar refractivity (Wildman–Crippen MR) is 49.5 cm³/mol. The Labute approximate surface area is 85.4 Å². The van der Waals surface area contributed by atoms with E-state index in [0.29, 0.717) is 6.42 Å². The summed E-state index contributed by atoms with van der Waals surface area (Å²) in [5.41, 5.74) is 0. The Morgan fingerprint density at radius 3 is 3.00 bits per heavy atom. The van der Waals surface area contributed by atoms with Crippen molar-refractivity contribution in [2.45, 2.75) is 23.1 Å². The summed E-state index contributed by atoms with van der Waals surface area (Å²) >= 11 is 1.47. The standard InChI is InChI=1S/C8H11NO4S/c1-13-8(12)7-4(3-10)14-6-2-5(11)9(6)7/h4,6-7,10H,2-3H2,1H3/t4?,6-,7?/m1/s1. The number of rotatable bonds is 2. The van der Waals surface area contributed by atoms with Gasteiger partial charge < -0.3 is 14.7 Å². The van der Waals surface area contributed by atoms with Crippen molar-refractivity contribution in [1.29, 1.82) is 0 Å². The van der Waals surface area contributed by atoms with Crippen molar-refractivity contribution in [2.75, 3.05) is 13.7 Å². The smallest absolute Gasteiger partial charge is 0.329 e. The fraction of sp³-hybridized carbons (Fsp3) is 0.750. The molecule has 0 aromatic rings. The highest BCUT2D eigenvalue weighted by molar-refractivity contribution is 8.01. The fourth-order valence-electron chi connectivity index (χ4n) is 1.83. The van der Waals surface area contributed by atoms with Gasteiger partial charge in [0.1, 0.15) is 6.04 Å². The van der Waals surface area contributed by atoms with Gasteiger partial charge in [-0.2, -0.15) is 0 Å². The van der Waals surface area contributed by atoms with Crippen LogP contribution in [0.4, 0.5) is 0 Å². The first-order valence-electron chi connectivity index (χ1n) is 4.34. The van der Waals surface area contributed by atoms with Crippen LogP contribution in [0.1, 0.15) is 6.42 Å². The number of hydrogen-bond acceptors (Lipinski definition) is 5. The predicted octanol–water partition coefficient (Wildman–Crippen LogP) is -0.806. The molecular weight excluding hydrogens is 206 g/mol. The van der Waals surface area contributed by atoms with E-state index in [9.17, 15) is 9.59 Å². The van der Waals surface area contributed by atoms with Gasteiger partial charge in [0.2, 0.25) is 5.91 Å². The lowest BCUT2D eigenvalue weighted by Crippen LogP contribution is -2.55. The number of hydrogen-bond donors (Lipinski definition) is 1. The third kappa shape index (κ3) is 1.21. The Balaban J connectivity index is 2.17. The third-order valence-electron chi connectivity index (χ3n) is 2.55. The van der Waals surface area contributed by atoms with Gasteiger partial charge in [-0.15, -0.1) is 11.8 Å². The first kappa shape index (κ1) is 9.79. The maximum atomic E-state index is 11.4. The minimum absolute atomic E-state index is 0.0335. The molecule has 2 rings (SSSR count). The molecule has 5 nitrogen and oxygen atoms in total. The van der Waals surface area contributed by atoms with Gasteiger partial charge in [0, 0.05) is 0 Å². The molecule has 2 unspecified atom stereocenters. The van der Waals surface area contributed by atoms with Gasteiger partial charge in [0.25, 0.3) is 0 Å². The maximum absolute atomic E-state index is 11.4. The molecule has 0 bridgehead atoms. The molecule has 3 atom stereocenters. The van der Waals surface area contributed by atoms with Crippen molar-refractivity contribution in [3.63, 3.8) is 0 Å². The molecular formula is C8H11NO4S. The van der Waals surface area contributed by atoms with Gasteiger partial charge in [0.15, 0.2) is 0 Å². The van der Waals surface area contributed by atoms with E-state index in [1.54, 1.807) is 0 Å². The fourth-order valence-corrected chi connectivity index (χ4v) is 3.33. The second kappa shape index (κ2) is 3.43. The van der Waals surface area contributed by atoms with E-state index in [1.165, 1.54) is 23.8 Å². The second-order valence-corrected chi connectivity index (χ2v) is 4.71. The number of amides is 1. The molecule has 6 heteroatoms. The first-order chi connectivity index (χ1) is 6.69. The SMILES string of the molecule is COC(=O)C1C(CO)S[C@@H]2CC(=O)N12. The number of carbonyl (C=O) groups excluding carboxylic acids is 2. The summed E-state index contributed by atoms with van der Waals surface area (Å²) in [6.07, 6.45) is 0.467. The van der Waals surface area contributed by atoms with E-state index in [0.717, 1.165) is 0 Å². The Morgan fingerprint density at radius 1 is 1.79 bits per heavy atom. The summed E-state index contributed by atoms with van der Waals surface area (Å²) in [6, 6.07) is -0.596. The maximum Gasteiger partial charge on any atom is 0.329 e. The molecule has 0 aliphatic carbocycles. The topological polar surface area (TPSA) is 66.8 Å². The number of thioether (sulfide) groups is 1. The highest BCUT2D eigenvalue weighted by atomic mass is 32.2. The number of aliphatic hydroxyl groups excluding tert-OH is 1. The summed E-state index contributed by atoms with van der Waals surface area (Å²) in [6.45, 7) is -0.106. The lowest BCUT2D eigenvalue weighted by Gasteiger charge is -2.36. The zero-order valence-electron chi connectivity index (χ0n) is 7.67. The molecule has 0 saturated carbocycles. The molecule has 0 aromatic heterocycles. The highest BCUT2D eigenvalue weighted by Crippen LogP contribution is 2.44. The Hall–Kier alpha value is -0.750. The van der Waals surface area contributed by atoms with Crippen LogP contribution in [0.25, 0.3) is 0 Å². The summed E-state index contributed by atoms with van der Waals surface area (Å²) in [4.78, 5) is 24.1. The number of methoxy groups -OCH3 is 1. The van der Waals surface area contributed by atoms with Crippen LogP contribution < -0.4 is 0 Å². The van der Waals surface area contributed by atoms with Gasteiger partial charge in [-0.05, 0) is 0 Å². The van der Waals surface area contributed by atoms with Crippen LogP contribution in [-0.4, -0.2) is 52.3 Å². The Kier molecular flexibility index (Phi) is 2.40. The van der Waals surface area contributed by atoms with Crippen LogP contribution >= 0.6 is 11.8 Å². The van der Waals surface area contributed by atoms with Crippen LogP contribution in [0.2, 0.25) is 0 Å².